The molecule has 0 radical (unpaired) electrons. The molecule has 4 aromatic carbocycles. The van der Waals surface area contributed by atoms with Crippen molar-refractivity contribution in [2.75, 3.05) is 12.3 Å². The Bertz CT molecular complexity index is 1940. The van der Waals surface area contributed by atoms with Crippen molar-refractivity contribution in [3.63, 3.8) is 0 Å². The van der Waals surface area contributed by atoms with Crippen LogP contribution in [0.1, 0.15) is 0 Å². The molecule has 0 nitrogen and oxygen atoms in total. The van der Waals surface area contributed by atoms with E-state index < -0.39 is 6.51 Å². The molecule has 0 aliphatic carbocycles. The summed E-state index contributed by atoms with van der Waals surface area (Å²) >= 11 is 0. The quantitative estimate of drug-likeness (QED) is 0.145. The van der Waals surface area contributed by atoms with E-state index >= 15 is 0 Å². The molecule has 10 saturated heterocycles. The van der Waals surface area contributed by atoms with Gasteiger partial charge in [-0.3, -0.25) is 0 Å². The van der Waals surface area contributed by atoms with E-state index in [-0.39, 0.29) is 15.8 Å². The van der Waals surface area contributed by atoms with E-state index in [0.717, 1.165) is 8.63 Å². The monoisotopic (exact) mass is 582 g/mol. The minimum atomic E-state index is -3.59. The Morgan fingerprint density at radius 1 is 0.410 bits per heavy atom. The average molecular weight is 582 g/mol. The first-order valence-corrected chi connectivity index (χ1v) is 24.3. The van der Waals surface area contributed by atoms with Crippen LogP contribution in [0.15, 0.2) is 121 Å². The first-order chi connectivity index (χ1) is 19.1. The molecule has 8 atom stereocenters. The summed E-state index contributed by atoms with van der Waals surface area (Å²) in [6.07, 6.45) is 3.17. The van der Waals surface area contributed by atoms with Crippen LogP contribution < -0.4 is 21.2 Å². The molecule has 0 aromatic heterocycles. The second-order valence-electron chi connectivity index (χ2n) is 16.6. The van der Waals surface area contributed by atoms with Crippen molar-refractivity contribution in [3.8, 4) is 0 Å². The summed E-state index contributed by atoms with van der Waals surface area (Å²) in [5.74, 6) is 0. The average Bonchev–Trinajstić information content (AvgIpc) is 3.96. The van der Waals surface area contributed by atoms with Crippen molar-refractivity contribution in [3.05, 3.63) is 121 Å². The Morgan fingerprint density at radius 3 is 0.897 bits per heavy atom. The Morgan fingerprint density at radius 2 is 0.667 bits per heavy atom. The van der Waals surface area contributed by atoms with Crippen molar-refractivity contribution < 1.29 is 6.51 Å². The number of hydrogen-bond acceptors (Lipinski definition) is 0. The summed E-state index contributed by atoms with van der Waals surface area (Å²) in [4.78, 5) is 10.6. The molecule has 0 amide bonds. The zero-order valence-corrected chi connectivity index (χ0v) is 24.7. The van der Waals surface area contributed by atoms with Crippen LogP contribution in [0.4, 0.5) is 0 Å². The van der Waals surface area contributed by atoms with Crippen LogP contribution in [0.3, 0.4) is 0 Å². The van der Waals surface area contributed by atoms with Gasteiger partial charge in [-0.1, -0.05) is 0 Å². The van der Waals surface area contributed by atoms with Gasteiger partial charge in [0.2, 0.25) is 0 Å². The van der Waals surface area contributed by atoms with Gasteiger partial charge in [0.25, 0.3) is 0 Å². The van der Waals surface area contributed by atoms with Crippen molar-refractivity contribution in [2.24, 2.45) is 0 Å². The summed E-state index contributed by atoms with van der Waals surface area (Å²) in [5.41, 5.74) is 0. The van der Waals surface area contributed by atoms with Crippen molar-refractivity contribution in [1.82, 2.24) is 0 Å². The van der Waals surface area contributed by atoms with Gasteiger partial charge in [-0.2, -0.15) is 0 Å². The van der Waals surface area contributed by atoms with Gasteiger partial charge in [0.15, 0.2) is 0 Å². The maximum atomic E-state index is 2.48. The minimum absolute atomic E-state index is 0.247. The van der Waals surface area contributed by atoms with Gasteiger partial charge in [-0.25, -0.2) is 0 Å². The Hall–Kier alpha value is -1.74. The van der Waals surface area contributed by atoms with Crippen LogP contribution in [0, 0.1) is 0 Å². The van der Waals surface area contributed by atoms with E-state index in [1.54, 1.807) is 33.5 Å². The third-order valence-corrected chi connectivity index (χ3v) is 70.4. The molecule has 3 heteroatoms. The van der Waals surface area contributed by atoms with E-state index in [1.807, 2.05) is 0 Å². The van der Waals surface area contributed by atoms with Crippen LogP contribution in [-0.4, -0.2) is 12.3 Å². The molecule has 0 bridgehead atoms. The predicted molar refractivity (Wildman–Crippen MR) is 163 cm³/mol. The van der Waals surface area contributed by atoms with Crippen LogP contribution >= 0.6 is 15.8 Å². The first-order valence-electron chi connectivity index (χ1n) is 15.0. The second kappa shape index (κ2) is 3.17. The topological polar surface area (TPSA) is 0 Å². The van der Waals surface area contributed by atoms with E-state index in [2.05, 4.69) is 121 Å². The third-order valence-electron chi connectivity index (χ3n) is 20.5. The number of fused-ring (bicyclic) bond motifs is 10. The van der Waals surface area contributed by atoms with Gasteiger partial charge in [-0.05, 0) is 0 Å². The van der Waals surface area contributed by atoms with Crippen LogP contribution in [0.2, 0.25) is 47.2 Å². The SMILES string of the molecule is c1ccc(P(C[C]23[CH]4[CH]5[CH]6[CH]2[Fe]56432789[CH]3[CH]2[CH]7[C]8(CP(c2ccccc2)c2ccccc2)[CH]39)c2ccccc2)cc1. The molecular weight excluding hydrogens is 550 g/mol. The number of rotatable bonds is 8. The molecule has 194 valence electrons. The van der Waals surface area contributed by atoms with Gasteiger partial charge in [0.05, 0.1) is 0 Å². The Kier molecular flexibility index (Phi) is 1.58. The van der Waals surface area contributed by atoms with Gasteiger partial charge in [-0.15, -0.1) is 0 Å². The fraction of sp³-hybridized carbons (Fsp3) is 0.333. The number of hydrogen-bond donors (Lipinski definition) is 0. The molecule has 39 heavy (non-hydrogen) atoms. The second-order valence-corrected chi connectivity index (χ2v) is 44.4. The van der Waals surface area contributed by atoms with E-state index in [1.165, 1.54) is 38.5 Å². The molecule has 0 N–H and O–H groups in total. The summed E-state index contributed by atoms with van der Waals surface area (Å²) in [5, 5.41) is 6.61. The van der Waals surface area contributed by atoms with Crippen LogP contribution in [-0.2, 0) is 6.51 Å². The molecule has 4 aromatic rings. The molecular formula is C36H32FeP2. The van der Waals surface area contributed by atoms with Gasteiger partial charge in [0.1, 0.15) is 0 Å². The molecule has 14 rings (SSSR count). The zero-order chi connectivity index (χ0) is 25.0. The normalized spacial score (nSPS) is 60.5. The fourth-order valence-corrected chi connectivity index (χ4v) is 110. The van der Waals surface area contributed by atoms with E-state index in [9.17, 15) is 0 Å². The van der Waals surface area contributed by atoms with Crippen molar-refractivity contribution in [1.29, 1.82) is 0 Å². The van der Waals surface area contributed by atoms with Gasteiger partial charge in [0, 0.05) is 0 Å². The van der Waals surface area contributed by atoms with Gasteiger partial charge >= 0.3 is 224 Å². The Balaban J connectivity index is 0.967. The number of benzene rings is 4. The predicted octanol–water partition coefficient (Wildman–Crippen LogP) is 8.38. The summed E-state index contributed by atoms with van der Waals surface area (Å²) in [6.45, 7) is -3.59. The maximum absolute atomic E-state index is 3.59. The molecule has 8 unspecified atom stereocenters. The van der Waals surface area contributed by atoms with Crippen molar-refractivity contribution >= 4 is 37.1 Å². The fourth-order valence-electron chi connectivity index (χ4n) is 21.9. The molecule has 10 heterocycles. The van der Waals surface area contributed by atoms with Gasteiger partial charge < -0.3 is 0 Å². The van der Waals surface area contributed by atoms with E-state index in [0.29, 0.717) is 0 Å². The third kappa shape index (κ3) is 0.534. The Labute approximate surface area is 223 Å². The molecule has 10 fully saturated rings. The summed E-state index contributed by atoms with van der Waals surface area (Å²) < 4.78 is 1.81. The zero-order valence-electron chi connectivity index (χ0n) is 21.8. The molecule has 0 saturated carbocycles. The summed E-state index contributed by atoms with van der Waals surface area (Å²) in [6, 6.07) is 47.1. The van der Waals surface area contributed by atoms with Crippen LogP contribution in [0.25, 0.3) is 0 Å². The van der Waals surface area contributed by atoms with Crippen molar-refractivity contribution in [2.45, 2.75) is 47.2 Å². The van der Waals surface area contributed by atoms with Crippen LogP contribution in [0.5, 0.6) is 0 Å². The first kappa shape index (κ1) is 19.4. The molecule has 1 spiro atoms. The summed E-state index contributed by atoms with van der Waals surface area (Å²) in [7, 11) is -0.494. The molecule has 10 aliphatic rings. The molecule has 10 aliphatic heterocycles. The standard InChI is InChI=1S/2C18H16P.Fe/c2*1-3-11-17(12-4-1)19(15-16-9-7-8-10-16)18-13-5-2-6-14-18;/h2*1-14H,15H2;. The van der Waals surface area contributed by atoms with E-state index in [4.69, 9.17) is 0 Å².